The number of anilines is 2. The van der Waals surface area contributed by atoms with Crippen molar-refractivity contribution >= 4 is 40.6 Å². The van der Waals surface area contributed by atoms with Crippen LogP contribution in [0, 0.1) is 5.82 Å². The maximum atomic E-state index is 13.7. The molecule has 0 aliphatic heterocycles. The van der Waals surface area contributed by atoms with Crippen molar-refractivity contribution in [3.63, 3.8) is 0 Å². The molecule has 28 heavy (non-hydrogen) atoms. The lowest BCUT2D eigenvalue weighted by Gasteiger charge is -2.19. The Labute approximate surface area is 171 Å². The summed E-state index contributed by atoms with van der Waals surface area (Å²) in [7, 11) is 0. The number of nitrogens with one attached hydrogen (secondary N) is 2. The first-order chi connectivity index (χ1) is 13.3. The van der Waals surface area contributed by atoms with Crippen molar-refractivity contribution in [2.45, 2.75) is 32.3 Å². The second-order valence-electron chi connectivity index (χ2n) is 6.04. The number of benzene rings is 1. The highest BCUT2D eigenvalue weighted by Crippen LogP contribution is 2.36. The van der Waals surface area contributed by atoms with E-state index in [0.717, 1.165) is 0 Å². The molecule has 10 heteroatoms. The van der Waals surface area contributed by atoms with E-state index in [1.165, 1.54) is 12.1 Å². The van der Waals surface area contributed by atoms with Crippen molar-refractivity contribution in [3.8, 4) is 5.75 Å². The number of nitrogens with two attached hydrogens (primary N) is 1. The number of carbonyl (C=O) groups excluding carboxylic acids is 1. The van der Waals surface area contributed by atoms with Crippen LogP contribution >= 0.6 is 23.2 Å². The lowest BCUT2D eigenvalue weighted by atomic mass is 10.1. The van der Waals surface area contributed by atoms with Gasteiger partial charge in [0.25, 0.3) is 0 Å². The molecule has 0 saturated heterocycles. The van der Waals surface area contributed by atoms with E-state index < -0.39 is 17.8 Å². The van der Waals surface area contributed by atoms with Crippen LogP contribution in [-0.4, -0.2) is 22.6 Å². The molecule has 1 atom stereocenters. The molecule has 5 N–H and O–H groups in total. The van der Waals surface area contributed by atoms with E-state index in [4.69, 9.17) is 38.9 Å². The highest BCUT2D eigenvalue weighted by Gasteiger charge is 2.20. The van der Waals surface area contributed by atoms with Crippen LogP contribution in [0.1, 0.15) is 37.9 Å². The lowest BCUT2D eigenvalue weighted by molar-refractivity contribution is -0.129. The smallest absolute Gasteiger partial charge is 0.243 e. The van der Waals surface area contributed by atoms with Gasteiger partial charge in [0.15, 0.2) is 11.6 Å². The largest absolute Gasteiger partial charge is 0.482 e. The monoisotopic (exact) mass is 430 g/mol. The molecule has 152 valence electrons. The Morgan fingerprint density at radius 3 is 2.86 bits per heavy atom. The maximum absolute atomic E-state index is 13.7. The first kappa shape index (κ1) is 22.0. The minimum absolute atomic E-state index is 0.104. The third kappa shape index (κ3) is 5.85. The number of unbranched alkanes of at least 4 members (excludes halogenated alkanes) is 1. The fourth-order valence-corrected chi connectivity index (χ4v) is 3.19. The number of amides is 1. The fourth-order valence-electron chi connectivity index (χ4n) is 2.51. The van der Waals surface area contributed by atoms with Gasteiger partial charge in [-0.1, -0.05) is 23.2 Å². The quantitative estimate of drug-likeness (QED) is 0.204. The molecule has 0 fully saturated rings. The number of halogens is 3. The summed E-state index contributed by atoms with van der Waals surface area (Å²) in [4.78, 5) is 15.0. The van der Waals surface area contributed by atoms with Gasteiger partial charge in [-0.2, -0.15) is 0 Å². The van der Waals surface area contributed by atoms with Crippen LogP contribution in [0.5, 0.6) is 5.75 Å². The summed E-state index contributed by atoms with van der Waals surface area (Å²) in [6.07, 6.45) is 2.44. The number of rotatable bonds is 9. The molecule has 1 aromatic carbocycles. The summed E-state index contributed by atoms with van der Waals surface area (Å²) in [5, 5.41) is 11.8. The van der Waals surface area contributed by atoms with Crippen LogP contribution in [0.2, 0.25) is 10.0 Å². The summed E-state index contributed by atoms with van der Waals surface area (Å²) < 4.78 is 19.6. The van der Waals surface area contributed by atoms with Crippen molar-refractivity contribution in [2.75, 3.05) is 17.6 Å². The Hall–Kier alpha value is -2.29. The second kappa shape index (κ2) is 10.3. The summed E-state index contributed by atoms with van der Waals surface area (Å²) >= 11 is 12.1. The van der Waals surface area contributed by atoms with E-state index in [1.54, 1.807) is 24.7 Å². The molecule has 0 bridgehead atoms. The summed E-state index contributed by atoms with van der Waals surface area (Å²) in [5.74, 6) is -0.546. The molecule has 0 radical (unpaired) electrons. The Kier molecular flexibility index (Phi) is 8.10. The van der Waals surface area contributed by atoms with Crippen LogP contribution in [0.3, 0.4) is 0 Å². The molecular formula is C18H21Cl2FN4O3. The number of hydroxylamine groups is 1. The lowest BCUT2D eigenvalue weighted by Crippen LogP contribution is -2.18. The molecule has 2 rings (SSSR count). The topological polar surface area (TPSA) is 110 Å². The Bertz CT molecular complexity index is 839. The zero-order chi connectivity index (χ0) is 20.7. The number of pyridine rings is 1. The van der Waals surface area contributed by atoms with Crippen LogP contribution < -0.4 is 21.3 Å². The van der Waals surface area contributed by atoms with E-state index >= 15 is 0 Å². The predicted molar refractivity (Wildman–Crippen MR) is 106 cm³/mol. The normalized spacial score (nSPS) is 11.8. The number of hydrogen-bond donors (Lipinski definition) is 4. The number of hydrogen-bond acceptors (Lipinski definition) is 6. The van der Waals surface area contributed by atoms with E-state index in [0.29, 0.717) is 36.4 Å². The van der Waals surface area contributed by atoms with Crippen LogP contribution in [0.15, 0.2) is 24.4 Å². The van der Waals surface area contributed by atoms with Crippen molar-refractivity contribution in [1.82, 2.24) is 10.5 Å². The number of ether oxygens (including phenoxy) is 1. The first-order valence-corrected chi connectivity index (χ1v) is 9.31. The number of aromatic nitrogens is 1. The van der Waals surface area contributed by atoms with Gasteiger partial charge in [-0.3, -0.25) is 10.0 Å². The molecule has 1 heterocycles. The minimum atomic E-state index is -0.660. The third-order valence-corrected chi connectivity index (χ3v) is 4.67. The average Bonchev–Trinajstić information content (AvgIpc) is 2.67. The Morgan fingerprint density at radius 2 is 2.14 bits per heavy atom. The van der Waals surface area contributed by atoms with Crippen molar-refractivity contribution in [1.29, 1.82) is 0 Å². The van der Waals surface area contributed by atoms with Crippen LogP contribution in [-0.2, 0) is 4.79 Å². The number of nitrogens with zero attached hydrogens (tertiary/aromatic N) is 1. The summed E-state index contributed by atoms with van der Waals surface area (Å²) in [6.45, 7) is 2.26. The standard InChI is InChI=1S/C18H21Cl2FN4O3/c1-10(16-12(19)5-6-13(21)17(16)20)28-14-8-11(9-24-18(14)22)23-7-3-2-4-15(26)25-27/h5-6,8-10,23,27H,2-4,7H2,1H3,(H2,22,24)(H,25,26). The maximum Gasteiger partial charge on any atom is 0.243 e. The van der Waals surface area contributed by atoms with Crippen molar-refractivity contribution in [3.05, 3.63) is 45.8 Å². The van der Waals surface area contributed by atoms with Crippen LogP contribution in [0.25, 0.3) is 0 Å². The van der Waals surface area contributed by atoms with Crippen molar-refractivity contribution in [2.24, 2.45) is 0 Å². The molecule has 1 aromatic heterocycles. The Morgan fingerprint density at radius 1 is 1.39 bits per heavy atom. The van der Waals surface area contributed by atoms with E-state index in [-0.39, 0.29) is 22.3 Å². The molecule has 0 aliphatic rings. The predicted octanol–water partition coefficient (Wildman–Crippen LogP) is 4.34. The zero-order valence-electron chi connectivity index (χ0n) is 15.1. The molecule has 0 aliphatic carbocycles. The SMILES string of the molecule is CC(Oc1cc(NCCCCC(=O)NO)cnc1N)c1c(Cl)ccc(F)c1Cl. The van der Waals surface area contributed by atoms with E-state index in [1.807, 2.05) is 0 Å². The van der Waals surface area contributed by atoms with Gasteiger partial charge in [0.05, 0.1) is 16.9 Å². The highest BCUT2D eigenvalue weighted by molar-refractivity contribution is 6.36. The molecular weight excluding hydrogens is 410 g/mol. The van der Waals surface area contributed by atoms with E-state index in [2.05, 4.69) is 10.3 Å². The van der Waals surface area contributed by atoms with Gasteiger partial charge in [-0.05, 0) is 31.9 Å². The average molecular weight is 431 g/mol. The molecule has 1 amide bonds. The first-order valence-electron chi connectivity index (χ1n) is 8.55. The zero-order valence-corrected chi connectivity index (χ0v) is 16.6. The van der Waals surface area contributed by atoms with Gasteiger partial charge in [0.1, 0.15) is 11.9 Å². The van der Waals surface area contributed by atoms with Gasteiger partial charge in [-0.25, -0.2) is 14.9 Å². The van der Waals surface area contributed by atoms with Gasteiger partial charge in [0, 0.05) is 29.6 Å². The van der Waals surface area contributed by atoms with Crippen LogP contribution in [0.4, 0.5) is 15.9 Å². The van der Waals surface area contributed by atoms with Gasteiger partial charge >= 0.3 is 0 Å². The molecule has 2 aromatic rings. The highest BCUT2D eigenvalue weighted by atomic mass is 35.5. The van der Waals surface area contributed by atoms with Gasteiger partial charge in [-0.15, -0.1) is 0 Å². The molecule has 1 unspecified atom stereocenters. The number of nitrogen functional groups attached to an aromatic ring is 1. The molecule has 0 saturated carbocycles. The third-order valence-electron chi connectivity index (χ3n) is 3.96. The minimum Gasteiger partial charge on any atom is -0.482 e. The fraction of sp³-hybridized carbons (Fsp3) is 0.333. The molecule has 0 spiro atoms. The second-order valence-corrected chi connectivity index (χ2v) is 6.83. The van der Waals surface area contributed by atoms with Crippen molar-refractivity contribution < 1.29 is 19.1 Å². The summed E-state index contributed by atoms with van der Waals surface area (Å²) in [6, 6.07) is 4.26. The Balaban J connectivity index is 2.01. The number of carbonyl (C=O) groups is 1. The summed E-state index contributed by atoms with van der Waals surface area (Å²) in [5.41, 5.74) is 8.45. The molecule has 7 nitrogen and oxygen atoms in total. The van der Waals surface area contributed by atoms with E-state index in [9.17, 15) is 9.18 Å². The van der Waals surface area contributed by atoms with Gasteiger partial charge in [0.2, 0.25) is 5.91 Å². The van der Waals surface area contributed by atoms with Gasteiger partial charge < -0.3 is 15.8 Å².